The smallest absolute Gasteiger partial charge is 0.331 e. The van der Waals surface area contributed by atoms with Crippen LogP contribution in [-0.2, 0) is 14.3 Å². The summed E-state index contributed by atoms with van der Waals surface area (Å²) in [6.45, 7) is 2.06. The number of methoxy groups -OCH3 is 1. The molecule has 0 aliphatic carbocycles. The minimum Gasteiger partial charge on any atom is -0.466 e. The van der Waals surface area contributed by atoms with Crippen molar-refractivity contribution in [3.8, 4) is 11.1 Å². The zero-order chi connectivity index (χ0) is 19.2. The van der Waals surface area contributed by atoms with Gasteiger partial charge in [-0.3, -0.25) is 10.1 Å². The van der Waals surface area contributed by atoms with E-state index in [0.717, 1.165) is 34.5 Å². The molecule has 0 radical (unpaired) electrons. The van der Waals surface area contributed by atoms with Crippen molar-refractivity contribution < 1.29 is 14.3 Å². The molecular weight excluding hydrogens is 362 g/mol. The predicted molar refractivity (Wildman–Crippen MR) is 107 cm³/mol. The molecule has 0 spiro atoms. The van der Waals surface area contributed by atoms with Crippen LogP contribution in [0.5, 0.6) is 0 Å². The third-order valence-electron chi connectivity index (χ3n) is 3.75. The monoisotopic (exact) mass is 379 g/mol. The second-order valence-corrected chi connectivity index (χ2v) is 6.76. The van der Waals surface area contributed by atoms with Crippen LogP contribution in [0.4, 0.5) is 0 Å². The average molecular weight is 379 g/mol. The van der Waals surface area contributed by atoms with Crippen LogP contribution in [0.25, 0.3) is 11.1 Å². The molecule has 0 bridgehead atoms. The number of aryl methyl sites for hydroxylation is 1. The minimum atomic E-state index is -0.592. The highest BCUT2D eigenvalue weighted by Gasteiger charge is 2.24. The van der Waals surface area contributed by atoms with E-state index in [2.05, 4.69) is 51.4 Å². The number of ether oxygens (including phenoxy) is 1. The SMILES string of the molecule is COC(=O)/C=C1/S/C(=N\N=Cc2ccc(-c3ccc(C)cc3)cc2)NC1=O. The van der Waals surface area contributed by atoms with Gasteiger partial charge in [0.1, 0.15) is 0 Å². The van der Waals surface area contributed by atoms with Gasteiger partial charge in [-0.15, -0.1) is 5.10 Å². The highest BCUT2D eigenvalue weighted by atomic mass is 32.2. The van der Waals surface area contributed by atoms with Gasteiger partial charge in [0, 0.05) is 6.08 Å². The molecular formula is C20H17N3O3S. The number of hydrogen-bond acceptors (Lipinski definition) is 6. The van der Waals surface area contributed by atoms with Crippen LogP contribution in [0.1, 0.15) is 11.1 Å². The maximum Gasteiger partial charge on any atom is 0.331 e. The van der Waals surface area contributed by atoms with E-state index in [-0.39, 0.29) is 4.91 Å². The lowest BCUT2D eigenvalue weighted by atomic mass is 10.0. The summed E-state index contributed by atoms with van der Waals surface area (Å²) in [6, 6.07) is 16.3. The Morgan fingerprint density at radius 3 is 2.33 bits per heavy atom. The average Bonchev–Trinajstić information content (AvgIpc) is 3.02. The highest BCUT2D eigenvalue weighted by molar-refractivity contribution is 8.18. The van der Waals surface area contributed by atoms with Crippen molar-refractivity contribution in [3.63, 3.8) is 0 Å². The van der Waals surface area contributed by atoms with Gasteiger partial charge in [-0.05, 0) is 35.4 Å². The van der Waals surface area contributed by atoms with Crippen molar-refractivity contribution in [2.45, 2.75) is 6.92 Å². The summed E-state index contributed by atoms with van der Waals surface area (Å²) in [7, 11) is 1.25. The van der Waals surface area contributed by atoms with E-state index >= 15 is 0 Å². The summed E-state index contributed by atoms with van der Waals surface area (Å²) in [5.74, 6) is -0.993. The van der Waals surface area contributed by atoms with Crippen molar-refractivity contribution in [2.75, 3.05) is 7.11 Å². The minimum absolute atomic E-state index is 0.221. The number of amides is 1. The van der Waals surface area contributed by atoms with Gasteiger partial charge >= 0.3 is 5.97 Å². The Hall–Kier alpha value is -3.19. The fraction of sp³-hybridized carbons (Fsp3) is 0.100. The number of thioether (sulfide) groups is 1. The molecule has 1 aliphatic heterocycles. The summed E-state index contributed by atoms with van der Waals surface area (Å²) in [5.41, 5.74) is 4.38. The Balaban J connectivity index is 1.65. The lowest BCUT2D eigenvalue weighted by molar-refractivity contribution is -0.135. The second kappa shape index (κ2) is 8.46. The molecule has 2 aromatic carbocycles. The maximum atomic E-state index is 11.7. The van der Waals surface area contributed by atoms with Gasteiger partial charge in [-0.25, -0.2) is 4.79 Å². The first kappa shape index (κ1) is 18.6. The summed E-state index contributed by atoms with van der Waals surface area (Å²) in [5, 5.41) is 10.8. The molecule has 0 saturated carbocycles. The summed E-state index contributed by atoms with van der Waals surface area (Å²) in [6.07, 6.45) is 2.72. The van der Waals surface area contributed by atoms with E-state index < -0.39 is 11.9 Å². The first-order valence-electron chi connectivity index (χ1n) is 8.12. The summed E-state index contributed by atoms with van der Waals surface area (Å²) < 4.78 is 4.50. The molecule has 3 rings (SSSR count). The lowest BCUT2D eigenvalue weighted by Gasteiger charge is -2.02. The zero-order valence-electron chi connectivity index (χ0n) is 14.8. The normalized spacial score (nSPS) is 16.9. The Kier molecular flexibility index (Phi) is 5.83. The molecule has 1 saturated heterocycles. The standard InChI is InChI=1S/C20H17N3O3S/c1-13-3-7-15(8-4-13)16-9-5-14(6-10-16)12-21-23-20-22-19(25)17(27-20)11-18(24)26-2/h3-12H,1-2H3,(H,22,23,25)/b17-11+,21-12?. The molecule has 0 atom stereocenters. The van der Waals surface area contributed by atoms with Gasteiger partial charge in [0.2, 0.25) is 0 Å². The Morgan fingerprint density at radius 1 is 1.07 bits per heavy atom. The predicted octanol–water partition coefficient (Wildman–Crippen LogP) is 3.27. The van der Waals surface area contributed by atoms with Crippen LogP contribution in [0.15, 0.2) is 69.7 Å². The number of carbonyl (C=O) groups excluding carboxylic acids is 2. The lowest BCUT2D eigenvalue weighted by Crippen LogP contribution is -2.19. The number of carbonyl (C=O) groups is 2. The van der Waals surface area contributed by atoms with Crippen LogP contribution in [-0.4, -0.2) is 30.4 Å². The topological polar surface area (TPSA) is 80.1 Å². The first-order valence-corrected chi connectivity index (χ1v) is 8.94. The van der Waals surface area contributed by atoms with Crippen LogP contribution in [0.3, 0.4) is 0 Å². The maximum absolute atomic E-state index is 11.7. The van der Waals surface area contributed by atoms with Gasteiger partial charge in [0.25, 0.3) is 5.91 Å². The van der Waals surface area contributed by atoms with Gasteiger partial charge in [0.15, 0.2) is 5.17 Å². The molecule has 6 nitrogen and oxygen atoms in total. The summed E-state index contributed by atoms with van der Waals surface area (Å²) in [4.78, 5) is 23.1. The quantitative estimate of drug-likeness (QED) is 0.383. The molecule has 1 N–H and O–H groups in total. The van der Waals surface area contributed by atoms with Gasteiger partial charge in [-0.1, -0.05) is 54.1 Å². The van der Waals surface area contributed by atoms with Crippen molar-refractivity contribution in [2.24, 2.45) is 10.2 Å². The van der Waals surface area contributed by atoms with Crippen LogP contribution in [0, 0.1) is 6.92 Å². The molecule has 27 heavy (non-hydrogen) atoms. The fourth-order valence-electron chi connectivity index (χ4n) is 2.30. The number of rotatable bonds is 4. The van der Waals surface area contributed by atoms with Crippen molar-refractivity contribution in [1.29, 1.82) is 0 Å². The number of hydrogen-bond donors (Lipinski definition) is 1. The number of amidine groups is 1. The van der Waals surface area contributed by atoms with Crippen molar-refractivity contribution >= 4 is 35.0 Å². The van der Waals surface area contributed by atoms with Gasteiger partial charge in [0.05, 0.1) is 18.2 Å². The molecule has 7 heteroatoms. The molecule has 0 unspecified atom stereocenters. The summed E-state index contributed by atoms with van der Waals surface area (Å²) >= 11 is 1.03. The molecule has 0 aromatic heterocycles. The number of nitrogens with zero attached hydrogens (tertiary/aromatic N) is 2. The highest BCUT2D eigenvalue weighted by Crippen LogP contribution is 2.23. The third kappa shape index (κ3) is 4.92. The Bertz CT molecular complexity index is 945. The van der Waals surface area contributed by atoms with Crippen LogP contribution < -0.4 is 5.32 Å². The Labute approximate surface area is 161 Å². The largest absolute Gasteiger partial charge is 0.466 e. The number of nitrogens with one attached hydrogen (secondary N) is 1. The van der Waals surface area contributed by atoms with Crippen LogP contribution >= 0.6 is 11.8 Å². The molecule has 1 heterocycles. The van der Waals surface area contributed by atoms with E-state index in [4.69, 9.17) is 0 Å². The van der Waals surface area contributed by atoms with E-state index in [1.807, 2.05) is 24.3 Å². The first-order chi connectivity index (χ1) is 13.0. The molecule has 136 valence electrons. The molecule has 1 aliphatic rings. The van der Waals surface area contributed by atoms with E-state index in [1.165, 1.54) is 12.7 Å². The number of benzene rings is 2. The number of esters is 1. The molecule has 2 aromatic rings. The van der Waals surface area contributed by atoms with E-state index in [9.17, 15) is 9.59 Å². The third-order valence-corrected chi connectivity index (χ3v) is 4.65. The van der Waals surface area contributed by atoms with Crippen LogP contribution in [0.2, 0.25) is 0 Å². The second-order valence-electron chi connectivity index (χ2n) is 5.73. The van der Waals surface area contributed by atoms with Gasteiger partial charge < -0.3 is 4.74 Å². The molecule has 1 fully saturated rings. The fourth-order valence-corrected chi connectivity index (χ4v) is 3.04. The zero-order valence-corrected chi connectivity index (χ0v) is 15.6. The van der Waals surface area contributed by atoms with E-state index in [0.29, 0.717) is 5.17 Å². The molecule has 1 amide bonds. The van der Waals surface area contributed by atoms with Crippen molar-refractivity contribution in [3.05, 3.63) is 70.6 Å². The van der Waals surface area contributed by atoms with E-state index in [1.54, 1.807) is 6.21 Å². The van der Waals surface area contributed by atoms with Crippen molar-refractivity contribution in [1.82, 2.24) is 5.32 Å². The van der Waals surface area contributed by atoms with Gasteiger partial charge in [-0.2, -0.15) is 5.10 Å². The Morgan fingerprint density at radius 2 is 1.70 bits per heavy atom.